The van der Waals surface area contributed by atoms with Crippen molar-refractivity contribution < 1.29 is 34.2 Å². The third-order valence-electron chi connectivity index (χ3n) is 6.58. The summed E-state index contributed by atoms with van der Waals surface area (Å²) in [6.45, 7) is 0.189. The molecule has 1 aromatic carbocycles. The summed E-state index contributed by atoms with van der Waals surface area (Å²) in [6, 6.07) is 3.98. The third-order valence-corrected chi connectivity index (χ3v) is 7.93. The second-order valence-electron chi connectivity index (χ2n) is 8.73. The maximum atomic E-state index is 13.1. The van der Waals surface area contributed by atoms with Gasteiger partial charge in [-0.15, -0.1) is 11.8 Å². The largest absolute Gasteiger partial charge is 0.480 e. The molecule has 11 heteroatoms. The molecule has 3 N–H and O–H groups in total. The van der Waals surface area contributed by atoms with Crippen LogP contribution in [0.15, 0.2) is 24.3 Å². The minimum Gasteiger partial charge on any atom is -0.480 e. The van der Waals surface area contributed by atoms with Crippen molar-refractivity contribution >= 4 is 41.4 Å². The molecule has 1 aromatic rings. The van der Waals surface area contributed by atoms with E-state index in [4.69, 9.17) is 0 Å². The van der Waals surface area contributed by atoms with E-state index >= 15 is 0 Å². The van der Waals surface area contributed by atoms with Gasteiger partial charge in [-0.1, -0.05) is 12.1 Å². The molecule has 0 spiro atoms. The van der Waals surface area contributed by atoms with Crippen molar-refractivity contribution in [2.45, 2.75) is 62.0 Å². The summed E-state index contributed by atoms with van der Waals surface area (Å²) in [7, 11) is 0. The Morgan fingerprint density at radius 1 is 1.06 bits per heavy atom. The van der Waals surface area contributed by atoms with Crippen LogP contribution in [0.2, 0.25) is 0 Å². The first kappa shape index (κ1) is 24.2. The van der Waals surface area contributed by atoms with Crippen LogP contribution in [-0.2, 0) is 14.4 Å². The summed E-state index contributed by atoms with van der Waals surface area (Å²) in [6.07, 6.45) is 2.88. The maximum Gasteiger partial charge on any atom is 0.327 e. The predicted molar refractivity (Wildman–Crippen MR) is 122 cm³/mol. The van der Waals surface area contributed by atoms with Crippen molar-refractivity contribution in [2.24, 2.45) is 0 Å². The molecule has 3 heterocycles. The lowest BCUT2D eigenvalue weighted by molar-refractivity contribution is -0.150. The van der Waals surface area contributed by atoms with Gasteiger partial charge in [0.05, 0.1) is 22.5 Å². The van der Waals surface area contributed by atoms with Gasteiger partial charge >= 0.3 is 11.9 Å². The van der Waals surface area contributed by atoms with E-state index in [1.165, 1.54) is 21.6 Å². The van der Waals surface area contributed by atoms with Gasteiger partial charge in [0.15, 0.2) is 0 Å². The van der Waals surface area contributed by atoms with Crippen molar-refractivity contribution in [1.29, 1.82) is 0 Å². The van der Waals surface area contributed by atoms with Crippen LogP contribution in [0.3, 0.4) is 0 Å². The van der Waals surface area contributed by atoms with Crippen molar-refractivity contribution in [3.05, 3.63) is 35.4 Å². The number of thioether (sulfide) groups is 1. The lowest BCUT2D eigenvalue weighted by Gasteiger charge is -2.29. The molecule has 182 valence electrons. The number of fused-ring (bicyclic) bond motifs is 2. The number of carboxylic acid groups (broad SMARTS) is 2. The van der Waals surface area contributed by atoms with Gasteiger partial charge in [-0.2, -0.15) is 0 Å². The fourth-order valence-corrected chi connectivity index (χ4v) is 6.26. The van der Waals surface area contributed by atoms with Gasteiger partial charge in [0, 0.05) is 12.3 Å². The summed E-state index contributed by atoms with van der Waals surface area (Å²) in [5, 5.41) is 21.9. The van der Waals surface area contributed by atoms with Crippen LogP contribution in [0.1, 0.15) is 59.2 Å². The van der Waals surface area contributed by atoms with E-state index < -0.39 is 30.1 Å². The number of carbonyl (C=O) groups excluding carboxylic acids is 3. The molecule has 4 rings (SSSR count). The zero-order valence-corrected chi connectivity index (χ0v) is 19.3. The fraction of sp³-hybridized carbons (Fsp3) is 0.522. The first-order chi connectivity index (χ1) is 16.3. The van der Waals surface area contributed by atoms with Gasteiger partial charge in [0.1, 0.15) is 12.1 Å². The highest BCUT2D eigenvalue weighted by atomic mass is 32.2. The number of imide groups is 1. The number of nitrogens with zero attached hydrogens (tertiary/aromatic N) is 2. The molecule has 4 atom stereocenters. The zero-order valence-electron chi connectivity index (χ0n) is 18.5. The number of unbranched alkanes of at least 4 members (excludes halogenated alkanes) is 1. The Kier molecular flexibility index (Phi) is 7.22. The van der Waals surface area contributed by atoms with Gasteiger partial charge in [0.25, 0.3) is 11.8 Å². The molecule has 1 unspecified atom stereocenters. The van der Waals surface area contributed by atoms with E-state index in [1.54, 1.807) is 24.3 Å². The lowest BCUT2D eigenvalue weighted by Crippen LogP contribution is -2.55. The molecule has 2 fully saturated rings. The molecule has 2 saturated heterocycles. The van der Waals surface area contributed by atoms with Gasteiger partial charge in [-0.3, -0.25) is 29.4 Å². The quantitative estimate of drug-likeness (QED) is 0.346. The van der Waals surface area contributed by atoms with E-state index in [0.29, 0.717) is 49.0 Å². The number of carbonyl (C=O) groups is 5. The minimum atomic E-state index is -1.10. The van der Waals surface area contributed by atoms with Gasteiger partial charge in [-0.05, 0) is 50.7 Å². The van der Waals surface area contributed by atoms with Crippen LogP contribution in [0, 0.1) is 0 Å². The Morgan fingerprint density at radius 2 is 1.74 bits per heavy atom. The molecular formula is C23H27N3O7S. The molecule has 0 aliphatic carbocycles. The van der Waals surface area contributed by atoms with Crippen molar-refractivity contribution in [2.75, 3.05) is 12.3 Å². The number of aliphatic carboxylic acids is 2. The SMILES string of the molecule is O=C(O)C(CCCCN1C(=O)c2ccccc2C1=O)N[C@H]1CCC[C@H]2SC[C@@H](C(=O)O)N2C1=O. The summed E-state index contributed by atoms with van der Waals surface area (Å²) in [5.41, 5.74) is 0.755. The van der Waals surface area contributed by atoms with Gasteiger partial charge in [0.2, 0.25) is 5.91 Å². The highest BCUT2D eigenvalue weighted by Crippen LogP contribution is 2.36. The molecule has 3 aliphatic rings. The highest BCUT2D eigenvalue weighted by Gasteiger charge is 2.45. The maximum absolute atomic E-state index is 13.1. The first-order valence-electron chi connectivity index (χ1n) is 11.4. The number of carboxylic acids is 2. The molecule has 3 amide bonds. The van der Waals surface area contributed by atoms with Crippen LogP contribution in [0.25, 0.3) is 0 Å². The zero-order chi connectivity index (χ0) is 24.4. The molecule has 0 aromatic heterocycles. The third kappa shape index (κ3) is 4.67. The van der Waals surface area contributed by atoms with E-state index in [-0.39, 0.29) is 36.1 Å². The fourth-order valence-electron chi connectivity index (χ4n) is 4.81. The molecule has 10 nitrogen and oxygen atoms in total. The summed E-state index contributed by atoms with van der Waals surface area (Å²) in [5.74, 6) is -2.87. The number of amides is 3. The van der Waals surface area contributed by atoms with Crippen molar-refractivity contribution in [1.82, 2.24) is 15.1 Å². The molecule has 0 saturated carbocycles. The Bertz CT molecular complexity index is 981. The van der Waals surface area contributed by atoms with Gasteiger partial charge in [-0.25, -0.2) is 4.79 Å². The number of rotatable bonds is 9. The molecule has 0 bridgehead atoms. The second-order valence-corrected chi connectivity index (χ2v) is 9.94. The normalized spacial score (nSPS) is 25.2. The van der Waals surface area contributed by atoms with E-state index in [1.807, 2.05) is 0 Å². The number of nitrogens with one attached hydrogen (secondary N) is 1. The average Bonchev–Trinajstić information content (AvgIpc) is 3.29. The first-order valence-corrected chi connectivity index (χ1v) is 12.4. The molecular weight excluding hydrogens is 462 g/mol. The van der Waals surface area contributed by atoms with Crippen LogP contribution in [0.5, 0.6) is 0 Å². The lowest BCUT2D eigenvalue weighted by atomic mass is 10.1. The summed E-state index contributed by atoms with van der Waals surface area (Å²) < 4.78 is 0. The monoisotopic (exact) mass is 489 g/mol. The minimum absolute atomic E-state index is 0.189. The van der Waals surface area contributed by atoms with Crippen LogP contribution in [-0.4, -0.2) is 85.5 Å². The highest BCUT2D eigenvalue weighted by molar-refractivity contribution is 8.00. The van der Waals surface area contributed by atoms with Crippen molar-refractivity contribution in [3.63, 3.8) is 0 Å². The van der Waals surface area contributed by atoms with Crippen LogP contribution >= 0.6 is 11.8 Å². The molecule has 0 radical (unpaired) electrons. The number of benzene rings is 1. The van der Waals surface area contributed by atoms with Gasteiger partial charge < -0.3 is 15.1 Å². The second kappa shape index (κ2) is 10.1. The van der Waals surface area contributed by atoms with Crippen molar-refractivity contribution in [3.8, 4) is 0 Å². The Morgan fingerprint density at radius 3 is 2.35 bits per heavy atom. The molecule has 3 aliphatic heterocycles. The standard InChI is InChI=1S/C23H27N3O7S/c27-19-13-6-1-2-7-14(13)20(28)25(19)11-4-3-8-16(22(30)31)24-15-9-5-10-18-26(21(15)29)17(12-34-18)23(32)33/h1-2,6-7,15-18,24H,3-5,8-12H2,(H,30,31)(H,32,33)/t15-,16?,17-,18+/m0/s1. The topological polar surface area (TPSA) is 144 Å². The smallest absolute Gasteiger partial charge is 0.327 e. The predicted octanol–water partition coefficient (Wildman–Crippen LogP) is 1.40. The average molecular weight is 490 g/mol. The Hall–Kier alpha value is -2.92. The number of hydrogen-bond donors (Lipinski definition) is 3. The molecule has 34 heavy (non-hydrogen) atoms. The summed E-state index contributed by atoms with van der Waals surface area (Å²) in [4.78, 5) is 64.0. The van der Waals surface area contributed by atoms with E-state index in [2.05, 4.69) is 5.32 Å². The summed E-state index contributed by atoms with van der Waals surface area (Å²) >= 11 is 1.45. The van der Waals surface area contributed by atoms with Crippen LogP contribution in [0.4, 0.5) is 0 Å². The van der Waals surface area contributed by atoms with E-state index in [0.717, 1.165) is 0 Å². The van der Waals surface area contributed by atoms with E-state index in [9.17, 15) is 34.2 Å². The number of hydrogen-bond acceptors (Lipinski definition) is 7. The Balaban J connectivity index is 1.32. The Labute approximate surface area is 200 Å². The van der Waals surface area contributed by atoms with Crippen LogP contribution < -0.4 is 5.32 Å².